The number of nitrogens with zero attached hydrogens (tertiary/aromatic N) is 1. The molecule has 0 radical (unpaired) electrons. The lowest BCUT2D eigenvalue weighted by Gasteiger charge is -2.28. The van der Waals surface area contributed by atoms with Gasteiger partial charge in [0.25, 0.3) is 5.91 Å². The molecule has 0 aliphatic carbocycles. The van der Waals surface area contributed by atoms with Gasteiger partial charge in [-0.2, -0.15) is 0 Å². The molecule has 0 bridgehead atoms. The molecular formula is C21H32FN2O6P. The highest BCUT2D eigenvalue weighted by Crippen LogP contribution is 2.45. The Bertz CT molecular complexity index is 776. The molecule has 1 aromatic carbocycles. The molecule has 3 atom stereocenters. The van der Waals surface area contributed by atoms with E-state index < -0.39 is 31.6 Å². The van der Waals surface area contributed by atoms with Gasteiger partial charge in [0.2, 0.25) is 0 Å². The van der Waals surface area contributed by atoms with E-state index >= 15 is 0 Å². The Hall–Kier alpha value is -1.80. The van der Waals surface area contributed by atoms with Crippen molar-refractivity contribution in [3.05, 3.63) is 35.6 Å². The van der Waals surface area contributed by atoms with Crippen molar-refractivity contribution in [3.63, 3.8) is 0 Å². The average molecular weight is 458 g/mol. The Morgan fingerprint density at radius 3 is 2.58 bits per heavy atom. The van der Waals surface area contributed by atoms with Crippen LogP contribution in [-0.2, 0) is 25.1 Å². The molecule has 10 heteroatoms. The first-order valence-electron chi connectivity index (χ1n) is 10.7. The number of rotatable bonds is 13. The van der Waals surface area contributed by atoms with Gasteiger partial charge >= 0.3 is 13.6 Å². The molecule has 1 aliphatic heterocycles. The fourth-order valence-corrected chi connectivity index (χ4v) is 5.03. The highest BCUT2D eigenvalue weighted by Gasteiger charge is 2.39. The number of hydrogen-bond acceptors (Lipinski definition) is 5. The topological polar surface area (TPSA) is 130 Å². The first-order chi connectivity index (χ1) is 14.7. The third kappa shape index (κ3) is 8.33. The van der Waals surface area contributed by atoms with Crippen LogP contribution >= 0.6 is 7.60 Å². The number of carboxylic acids is 1. The number of benzene rings is 1. The molecule has 1 fully saturated rings. The van der Waals surface area contributed by atoms with Gasteiger partial charge in [-0.1, -0.05) is 12.1 Å². The van der Waals surface area contributed by atoms with Crippen LogP contribution in [0.25, 0.3) is 0 Å². The van der Waals surface area contributed by atoms with Crippen molar-refractivity contribution >= 4 is 19.5 Å². The standard InChI is InChI=1S/C21H32FN2O6P/c22-17-11-9-16(10-12-17)6-2-4-15-31(28,29)30-19(8-1-3-13-23)20(25)24-14-5-7-18(24)21(26)27/h9-12,18-19H,1-8,13-15,23H2,(H,26,27)(H,28,29)/t18-,19?/m0/s1. The quantitative estimate of drug-likeness (QED) is 0.306. The molecule has 1 saturated heterocycles. The minimum atomic E-state index is -4.05. The number of carbonyl (C=O) groups excluding carboxylic acids is 1. The van der Waals surface area contributed by atoms with Crippen LogP contribution in [0.3, 0.4) is 0 Å². The summed E-state index contributed by atoms with van der Waals surface area (Å²) in [5.41, 5.74) is 6.43. The molecule has 4 N–H and O–H groups in total. The van der Waals surface area contributed by atoms with E-state index in [-0.39, 0.29) is 18.4 Å². The number of nitrogens with two attached hydrogens (primary N) is 1. The smallest absolute Gasteiger partial charge is 0.328 e. The minimum absolute atomic E-state index is 0.114. The third-order valence-corrected chi connectivity index (χ3v) is 6.84. The molecule has 1 aliphatic rings. The highest BCUT2D eigenvalue weighted by molar-refractivity contribution is 7.52. The molecule has 31 heavy (non-hydrogen) atoms. The van der Waals surface area contributed by atoms with Crippen molar-refractivity contribution in [2.75, 3.05) is 19.3 Å². The minimum Gasteiger partial charge on any atom is -0.480 e. The number of halogens is 1. The zero-order valence-corrected chi connectivity index (χ0v) is 18.5. The lowest BCUT2D eigenvalue weighted by atomic mass is 10.1. The summed E-state index contributed by atoms with van der Waals surface area (Å²) in [5, 5.41) is 9.34. The number of aryl methyl sites for hydroxylation is 1. The molecule has 1 amide bonds. The maximum Gasteiger partial charge on any atom is 0.328 e. The number of hydrogen-bond donors (Lipinski definition) is 3. The fraction of sp³-hybridized carbons (Fsp3) is 0.619. The Kier molecular flexibility index (Phi) is 10.1. The van der Waals surface area contributed by atoms with Gasteiger partial charge in [-0.05, 0) is 75.6 Å². The second kappa shape index (κ2) is 12.3. The van der Waals surface area contributed by atoms with Crippen LogP contribution in [0.5, 0.6) is 0 Å². The van der Waals surface area contributed by atoms with Crippen molar-refractivity contribution < 1.29 is 33.1 Å². The Morgan fingerprint density at radius 1 is 1.23 bits per heavy atom. The number of likely N-dealkylation sites (tertiary alicyclic amines) is 1. The van der Waals surface area contributed by atoms with E-state index in [2.05, 4.69) is 0 Å². The molecular weight excluding hydrogens is 426 g/mol. The van der Waals surface area contributed by atoms with E-state index in [9.17, 15) is 28.5 Å². The number of carbonyl (C=O) groups is 2. The lowest BCUT2D eigenvalue weighted by molar-refractivity contribution is -0.151. The zero-order chi connectivity index (χ0) is 22.9. The van der Waals surface area contributed by atoms with Crippen LogP contribution in [0, 0.1) is 5.82 Å². The summed E-state index contributed by atoms with van der Waals surface area (Å²) in [4.78, 5) is 35.9. The molecule has 0 spiro atoms. The highest BCUT2D eigenvalue weighted by atomic mass is 31.2. The van der Waals surface area contributed by atoms with E-state index in [0.29, 0.717) is 58.0 Å². The summed E-state index contributed by atoms with van der Waals surface area (Å²) < 4.78 is 31.0. The monoisotopic (exact) mass is 458 g/mol. The molecule has 1 aromatic rings. The van der Waals surface area contributed by atoms with Crippen LogP contribution in [0.15, 0.2) is 24.3 Å². The van der Waals surface area contributed by atoms with Gasteiger partial charge < -0.3 is 20.6 Å². The summed E-state index contributed by atoms with van der Waals surface area (Å²) in [6.07, 6.45) is 2.65. The van der Waals surface area contributed by atoms with E-state index in [0.717, 1.165) is 5.56 Å². The maximum atomic E-state index is 13.0. The van der Waals surface area contributed by atoms with Crippen molar-refractivity contribution in [1.29, 1.82) is 0 Å². The summed E-state index contributed by atoms with van der Waals surface area (Å²) in [6.45, 7) is 0.711. The van der Waals surface area contributed by atoms with Crippen molar-refractivity contribution in [2.45, 2.75) is 63.5 Å². The van der Waals surface area contributed by atoms with Crippen LogP contribution in [0.1, 0.15) is 50.5 Å². The predicted octanol–water partition coefficient (Wildman–Crippen LogP) is 2.92. The van der Waals surface area contributed by atoms with Gasteiger partial charge in [-0.3, -0.25) is 13.9 Å². The van der Waals surface area contributed by atoms with Crippen molar-refractivity contribution in [3.8, 4) is 0 Å². The number of unbranched alkanes of at least 4 members (excludes halogenated alkanes) is 2. The van der Waals surface area contributed by atoms with Crippen LogP contribution in [0.4, 0.5) is 4.39 Å². The van der Waals surface area contributed by atoms with Gasteiger partial charge in [0.15, 0.2) is 0 Å². The van der Waals surface area contributed by atoms with Gasteiger partial charge in [0, 0.05) is 6.54 Å². The van der Waals surface area contributed by atoms with Crippen molar-refractivity contribution in [1.82, 2.24) is 4.90 Å². The predicted molar refractivity (Wildman–Crippen MR) is 114 cm³/mol. The van der Waals surface area contributed by atoms with E-state index in [1.54, 1.807) is 12.1 Å². The second-order valence-electron chi connectivity index (χ2n) is 7.85. The van der Waals surface area contributed by atoms with E-state index in [1.165, 1.54) is 17.0 Å². The molecule has 2 unspecified atom stereocenters. The summed E-state index contributed by atoms with van der Waals surface area (Å²) in [5.74, 6) is -1.95. The Balaban J connectivity index is 1.92. The van der Waals surface area contributed by atoms with Crippen LogP contribution in [0.2, 0.25) is 0 Å². The molecule has 0 saturated carbocycles. The van der Waals surface area contributed by atoms with E-state index in [1.807, 2.05) is 0 Å². The van der Waals surface area contributed by atoms with Crippen LogP contribution < -0.4 is 5.73 Å². The Labute approximate surface area is 182 Å². The summed E-state index contributed by atoms with van der Waals surface area (Å²) in [6, 6.07) is 5.16. The Morgan fingerprint density at radius 2 is 1.94 bits per heavy atom. The zero-order valence-electron chi connectivity index (χ0n) is 17.6. The van der Waals surface area contributed by atoms with Crippen LogP contribution in [-0.4, -0.2) is 58.2 Å². The summed E-state index contributed by atoms with van der Waals surface area (Å²) in [7, 11) is -4.05. The van der Waals surface area contributed by atoms with E-state index in [4.69, 9.17) is 10.3 Å². The lowest BCUT2D eigenvalue weighted by Crippen LogP contribution is -2.46. The van der Waals surface area contributed by atoms with Gasteiger partial charge in [0.05, 0.1) is 6.16 Å². The number of aliphatic carboxylic acids is 1. The van der Waals surface area contributed by atoms with Crippen molar-refractivity contribution in [2.24, 2.45) is 5.73 Å². The first kappa shape index (κ1) is 25.5. The average Bonchev–Trinajstić information content (AvgIpc) is 3.21. The summed E-state index contributed by atoms with van der Waals surface area (Å²) >= 11 is 0. The van der Waals surface area contributed by atoms with Gasteiger partial charge in [-0.15, -0.1) is 0 Å². The molecule has 1 heterocycles. The molecule has 0 aromatic heterocycles. The van der Waals surface area contributed by atoms with Gasteiger partial charge in [-0.25, -0.2) is 9.18 Å². The third-order valence-electron chi connectivity index (χ3n) is 5.38. The number of carboxylic acid groups (broad SMARTS) is 1. The second-order valence-corrected chi connectivity index (χ2v) is 9.78. The van der Waals surface area contributed by atoms with Gasteiger partial charge in [0.1, 0.15) is 18.0 Å². The molecule has 8 nitrogen and oxygen atoms in total. The largest absolute Gasteiger partial charge is 0.480 e. The molecule has 174 valence electrons. The first-order valence-corrected chi connectivity index (χ1v) is 12.5. The number of amides is 1. The maximum absolute atomic E-state index is 13.0. The molecule has 2 rings (SSSR count). The fourth-order valence-electron chi connectivity index (χ4n) is 3.71. The normalized spacial score (nSPS) is 19.2. The SMILES string of the molecule is NCCCCC(OP(=O)(O)CCCCc1ccc(F)cc1)C(=O)N1CCC[C@H]1C(=O)O.